The molecule has 0 aromatic heterocycles. The summed E-state index contributed by atoms with van der Waals surface area (Å²) in [4.78, 5) is 26.4. The number of nitrogens with zero attached hydrogens (tertiary/aromatic N) is 1. The molecule has 0 spiro atoms. The Kier molecular flexibility index (Phi) is 4.60. The van der Waals surface area contributed by atoms with Gasteiger partial charge >= 0.3 is 0 Å². The van der Waals surface area contributed by atoms with Crippen LogP contribution < -0.4 is 10.2 Å². The van der Waals surface area contributed by atoms with Crippen LogP contribution in [0.4, 0.5) is 5.69 Å². The Morgan fingerprint density at radius 3 is 2.61 bits per heavy atom. The van der Waals surface area contributed by atoms with E-state index in [0.717, 1.165) is 18.5 Å². The molecule has 1 atom stereocenters. The smallest absolute Gasteiger partial charge is 0.239 e. The second-order valence-corrected chi connectivity index (χ2v) is 6.89. The zero-order chi connectivity index (χ0) is 16.4. The number of carbonyl (C=O) groups is 2. The highest BCUT2D eigenvalue weighted by Gasteiger charge is 2.39. The lowest BCUT2D eigenvalue weighted by molar-refractivity contribution is -0.132. The lowest BCUT2D eigenvalue weighted by atomic mass is 10.0. The van der Waals surface area contributed by atoms with Crippen molar-refractivity contribution in [1.82, 2.24) is 5.32 Å². The topological polar surface area (TPSA) is 69.6 Å². The van der Waals surface area contributed by atoms with Crippen molar-refractivity contribution in [3.8, 4) is 0 Å². The zero-order valence-electron chi connectivity index (χ0n) is 12.9. The molecule has 3 rings (SSSR count). The second kappa shape index (κ2) is 6.49. The van der Waals surface area contributed by atoms with Gasteiger partial charge < -0.3 is 15.3 Å². The molecule has 6 heteroatoms. The van der Waals surface area contributed by atoms with Crippen molar-refractivity contribution in [3.63, 3.8) is 0 Å². The van der Waals surface area contributed by atoms with Gasteiger partial charge in [-0.3, -0.25) is 9.59 Å². The molecule has 1 saturated carbocycles. The van der Waals surface area contributed by atoms with Crippen LogP contribution in [0.25, 0.3) is 0 Å². The van der Waals surface area contributed by atoms with Gasteiger partial charge in [0.25, 0.3) is 0 Å². The van der Waals surface area contributed by atoms with E-state index in [1.165, 1.54) is 0 Å². The lowest BCUT2D eigenvalue weighted by Gasteiger charge is -2.23. The summed E-state index contributed by atoms with van der Waals surface area (Å²) >= 11 is 5.86. The average molecular weight is 337 g/mol. The van der Waals surface area contributed by atoms with Gasteiger partial charge in [-0.15, -0.1) is 0 Å². The Labute approximate surface area is 140 Å². The predicted molar refractivity (Wildman–Crippen MR) is 88.3 cm³/mol. The number of benzene rings is 1. The van der Waals surface area contributed by atoms with Crippen molar-refractivity contribution in [3.05, 3.63) is 29.3 Å². The van der Waals surface area contributed by atoms with Crippen molar-refractivity contribution in [1.29, 1.82) is 0 Å². The first-order valence-corrected chi connectivity index (χ1v) is 8.43. The molecule has 2 N–H and O–H groups in total. The quantitative estimate of drug-likeness (QED) is 0.827. The molecule has 124 valence electrons. The maximum Gasteiger partial charge on any atom is 0.239 e. The molecule has 0 radical (unpaired) electrons. The Hall–Kier alpha value is -1.59. The molecule has 1 saturated heterocycles. The summed E-state index contributed by atoms with van der Waals surface area (Å²) in [5.74, 6) is -1.15. The van der Waals surface area contributed by atoms with E-state index in [1.807, 2.05) is 0 Å². The Balaban J connectivity index is 1.59. The number of aliphatic hydroxyl groups is 1. The second-order valence-electron chi connectivity index (χ2n) is 6.46. The summed E-state index contributed by atoms with van der Waals surface area (Å²) in [7, 11) is 0. The first-order chi connectivity index (χ1) is 11.0. The van der Waals surface area contributed by atoms with Crippen LogP contribution in [-0.4, -0.2) is 35.6 Å². The molecule has 1 heterocycles. The van der Waals surface area contributed by atoms with Crippen LogP contribution in [0, 0.1) is 5.92 Å². The SMILES string of the molecule is O=C(NCC1(O)CCCC1)C1CCN(c2ccc(Cl)cc2)C1=O. The molecule has 1 aliphatic carbocycles. The monoisotopic (exact) mass is 336 g/mol. The summed E-state index contributed by atoms with van der Waals surface area (Å²) < 4.78 is 0. The minimum Gasteiger partial charge on any atom is -0.388 e. The fourth-order valence-electron chi connectivity index (χ4n) is 3.39. The van der Waals surface area contributed by atoms with Crippen molar-refractivity contribution in [2.45, 2.75) is 37.7 Å². The molecule has 1 aromatic rings. The van der Waals surface area contributed by atoms with E-state index >= 15 is 0 Å². The molecular weight excluding hydrogens is 316 g/mol. The van der Waals surface area contributed by atoms with E-state index in [0.29, 0.717) is 30.8 Å². The van der Waals surface area contributed by atoms with Crippen LogP contribution in [0.15, 0.2) is 24.3 Å². The maximum absolute atomic E-state index is 12.5. The van der Waals surface area contributed by atoms with Crippen molar-refractivity contribution >= 4 is 29.1 Å². The Bertz CT molecular complexity index is 596. The van der Waals surface area contributed by atoms with Crippen molar-refractivity contribution < 1.29 is 14.7 Å². The van der Waals surface area contributed by atoms with Gasteiger partial charge in [-0.05, 0) is 43.5 Å². The number of hydrogen-bond donors (Lipinski definition) is 2. The van der Waals surface area contributed by atoms with Gasteiger partial charge in [0.05, 0.1) is 5.60 Å². The molecule has 23 heavy (non-hydrogen) atoms. The van der Waals surface area contributed by atoms with Gasteiger partial charge in [0.15, 0.2) is 0 Å². The number of halogens is 1. The third kappa shape index (κ3) is 3.51. The van der Waals surface area contributed by atoms with Gasteiger partial charge in [-0.1, -0.05) is 24.4 Å². The van der Waals surface area contributed by atoms with E-state index in [4.69, 9.17) is 11.6 Å². The maximum atomic E-state index is 12.5. The molecule has 0 bridgehead atoms. The summed E-state index contributed by atoms with van der Waals surface area (Å²) in [6.07, 6.45) is 3.88. The van der Waals surface area contributed by atoms with Crippen LogP contribution in [0.1, 0.15) is 32.1 Å². The van der Waals surface area contributed by atoms with Crippen LogP contribution in [-0.2, 0) is 9.59 Å². The molecule has 1 unspecified atom stereocenters. The largest absolute Gasteiger partial charge is 0.388 e. The lowest BCUT2D eigenvalue weighted by Crippen LogP contribution is -2.44. The molecule has 5 nitrogen and oxygen atoms in total. The van der Waals surface area contributed by atoms with Crippen molar-refractivity contribution in [2.24, 2.45) is 5.92 Å². The van der Waals surface area contributed by atoms with Crippen LogP contribution in [0.2, 0.25) is 5.02 Å². The van der Waals surface area contributed by atoms with E-state index in [9.17, 15) is 14.7 Å². The van der Waals surface area contributed by atoms with Gasteiger partial charge in [0.1, 0.15) is 5.92 Å². The predicted octanol–water partition coefficient (Wildman–Crippen LogP) is 2.11. The van der Waals surface area contributed by atoms with E-state index in [-0.39, 0.29) is 18.4 Å². The highest BCUT2D eigenvalue weighted by Crippen LogP contribution is 2.29. The third-order valence-electron chi connectivity index (χ3n) is 4.79. The number of carbonyl (C=O) groups excluding carboxylic acids is 2. The number of hydrogen-bond acceptors (Lipinski definition) is 3. The van der Waals surface area contributed by atoms with Gasteiger partial charge in [0, 0.05) is 23.8 Å². The minimum atomic E-state index is -0.798. The van der Waals surface area contributed by atoms with Crippen molar-refractivity contribution in [2.75, 3.05) is 18.0 Å². The number of nitrogens with one attached hydrogen (secondary N) is 1. The van der Waals surface area contributed by atoms with Gasteiger partial charge in [0.2, 0.25) is 11.8 Å². The summed E-state index contributed by atoms with van der Waals surface area (Å²) in [6, 6.07) is 7.02. The highest BCUT2D eigenvalue weighted by molar-refractivity contribution is 6.30. The first kappa shape index (κ1) is 16.3. The fraction of sp³-hybridized carbons (Fsp3) is 0.529. The highest BCUT2D eigenvalue weighted by atomic mass is 35.5. The Morgan fingerprint density at radius 1 is 1.30 bits per heavy atom. The number of amides is 2. The van der Waals surface area contributed by atoms with E-state index in [1.54, 1.807) is 29.2 Å². The average Bonchev–Trinajstić information content (AvgIpc) is 3.13. The van der Waals surface area contributed by atoms with Crippen LogP contribution >= 0.6 is 11.6 Å². The first-order valence-electron chi connectivity index (χ1n) is 8.06. The van der Waals surface area contributed by atoms with Crippen LogP contribution in [0.5, 0.6) is 0 Å². The Morgan fingerprint density at radius 2 is 1.96 bits per heavy atom. The summed E-state index contributed by atoms with van der Waals surface area (Å²) in [6.45, 7) is 0.749. The molecule has 2 amide bonds. The van der Waals surface area contributed by atoms with Gasteiger partial charge in [-0.2, -0.15) is 0 Å². The third-order valence-corrected chi connectivity index (χ3v) is 5.04. The minimum absolute atomic E-state index is 0.191. The normalized spacial score (nSPS) is 23.3. The summed E-state index contributed by atoms with van der Waals surface area (Å²) in [5.41, 5.74) is -0.0446. The van der Waals surface area contributed by atoms with Crippen LogP contribution in [0.3, 0.4) is 0 Å². The number of anilines is 1. The van der Waals surface area contributed by atoms with E-state index in [2.05, 4.69) is 5.32 Å². The molecule has 1 aliphatic heterocycles. The zero-order valence-corrected chi connectivity index (χ0v) is 13.7. The molecule has 2 aliphatic rings. The van der Waals surface area contributed by atoms with Gasteiger partial charge in [-0.25, -0.2) is 0 Å². The fourth-order valence-corrected chi connectivity index (χ4v) is 3.51. The summed E-state index contributed by atoms with van der Waals surface area (Å²) in [5, 5.41) is 13.7. The van der Waals surface area contributed by atoms with E-state index < -0.39 is 11.5 Å². The molecule has 1 aromatic carbocycles. The molecular formula is C17H21ClN2O3. The number of rotatable bonds is 4. The standard InChI is InChI=1S/C17H21ClN2O3/c18-12-3-5-13(6-4-12)20-10-7-14(16(20)22)15(21)19-11-17(23)8-1-2-9-17/h3-6,14,23H,1-2,7-11H2,(H,19,21). The molecule has 2 fully saturated rings.